The number of carbonyl (C=O) groups excluding carboxylic acids is 2. The van der Waals surface area contributed by atoms with Gasteiger partial charge in [-0.05, 0) is 36.8 Å². The molecule has 7 heteroatoms. The van der Waals surface area contributed by atoms with E-state index in [4.69, 9.17) is 5.11 Å². The molecule has 3 N–H and O–H groups in total. The fourth-order valence-corrected chi connectivity index (χ4v) is 3.12. The molecule has 0 fully saturated rings. The molecule has 0 saturated heterocycles. The van der Waals surface area contributed by atoms with Crippen molar-refractivity contribution in [2.75, 3.05) is 18.5 Å². The highest BCUT2D eigenvalue weighted by Gasteiger charge is 2.16. The zero-order valence-electron chi connectivity index (χ0n) is 16.9. The third-order valence-electron chi connectivity index (χ3n) is 4.85. The van der Waals surface area contributed by atoms with Crippen LogP contribution < -0.4 is 10.6 Å². The van der Waals surface area contributed by atoms with Gasteiger partial charge >= 0.3 is 6.03 Å². The topological polar surface area (TPSA) is 83.4 Å². The molecule has 0 bridgehead atoms. The minimum Gasteiger partial charge on any atom is -0.395 e. The van der Waals surface area contributed by atoms with E-state index in [9.17, 15) is 14.0 Å². The Morgan fingerprint density at radius 1 is 1.07 bits per heavy atom. The summed E-state index contributed by atoms with van der Waals surface area (Å²) in [5, 5.41) is 13.7. The van der Waals surface area contributed by atoms with Gasteiger partial charge in [-0.1, -0.05) is 35.9 Å². The summed E-state index contributed by atoms with van der Waals surface area (Å²) in [4.78, 5) is 24.4. The van der Waals surface area contributed by atoms with Crippen molar-refractivity contribution in [2.45, 2.75) is 13.3 Å². The Labute approximate surface area is 174 Å². The van der Waals surface area contributed by atoms with Gasteiger partial charge in [0.2, 0.25) is 5.78 Å². The van der Waals surface area contributed by atoms with Gasteiger partial charge in [0.05, 0.1) is 12.3 Å². The van der Waals surface area contributed by atoms with Gasteiger partial charge < -0.3 is 20.3 Å². The van der Waals surface area contributed by atoms with E-state index in [0.29, 0.717) is 28.9 Å². The zero-order valence-corrected chi connectivity index (χ0v) is 16.9. The molecule has 3 aromatic rings. The molecule has 0 saturated carbocycles. The summed E-state index contributed by atoms with van der Waals surface area (Å²) in [6, 6.07) is 14.9. The lowest BCUT2D eigenvalue weighted by Gasteiger charge is -2.10. The number of benzene rings is 2. The number of amides is 2. The lowest BCUT2D eigenvalue weighted by Crippen LogP contribution is -2.31. The standard InChI is InChI=1S/C23H24FN3O3/c1-15-3-5-16(6-4-15)22(29)21-10-9-19(27(21)2)13-17-7-8-18(14-20(17)24)26-23(30)25-11-12-28/h3-10,14,28H,11-13H2,1-2H3,(H2,25,26,30). The molecule has 0 aliphatic carbocycles. The first-order valence-corrected chi connectivity index (χ1v) is 9.59. The number of urea groups is 1. The number of nitrogens with one attached hydrogen (secondary N) is 2. The summed E-state index contributed by atoms with van der Waals surface area (Å²) >= 11 is 0. The van der Waals surface area contributed by atoms with Crippen LogP contribution in [0.5, 0.6) is 0 Å². The molecule has 156 valence electrons. The van der Waals surface area contributed by atoms with Crippen molar-refractivity contribution in [3.8, 4) is 0 Å². The van der Waals surface area contributed by atoms with E-state index in [0.717, 1.165) is 11.3 Å². The second-order valence-electron chi connectivity index (χ2n) is 7.05. The molecule has 6 nitrogen and oxygen atoms in total. The summed E-state index contributed by atoms with van der Waals surface area (Å²) in [5.74, 6) is -0.541. The fraction of sp³-hybridized carbons (Fsp3) is 0.217. The zero-order chi connectivity index (χ0) is 21.7. The van der Waals surface area contributed by atoms with Gasteiger partial charge in [-0.3, -0.25) is 4.79 Å². The van der Waals surface area contributed by atoms with Gasteiger partial charge in [-0.15, -0.1) is 0 Å². The van der Waals surface area contributed by atoms with E-state index in [-0.39, 0.29) is 18.9 Å². The molecule has 0 atom stereocenters. The van der Waals surface area contributed by atoms with E-state index in [1.807, 2.05) is 25.1 Å². The van der Waals surface area contributed by atoms with Crippen LogP contribution >= 0.6 is 0 Å². The molecule has 2 amide bonds. The van der Waals surface area contributed by atoms with E-state index >= 15 is 0 Å². The van der Waals surface area contributed by atoms with E-state index in [2.05, 4.69) is 10.6 Å². The summed E-state index contributed by atoms with van der Waals surface area (Å²) in [7, 11) is 1.79. The Kier molecular flexibility index (Phi) is 6.64. The van der Waals surface area contributed by atoms with Crippen LogP contribution in [0.25, 0.3) is 0 Å². The number of rotatable bonds is 7. The fourth-order valence-electron chi connectivity index (χ4n) is 3.12. The molecule has 30 heavy (non-hydrogen) atoms. The Bertz CT molecular complexity index is 1060. The Morgan fingerprint density at radius 2 is 1.80 bits per heavy atom. The van der Waals surface area contributed by atoms with E-state index < -0.39 is 11.8 Å². The molecular formula is C23H24FN3O3. The largest absolute Gasteiger partial charge is 0.395 e. The van der Waals surface area contributed by atoms with Crippen LogP contribution in [-0.2, 0) is 13.5 Å². The maximum atomic E-state index is 14.6. The second-order valence-corrected chi connectivity index (χ2v) is 7.05. The predicted molar refractivity (Wildman–Crippen MR) is 113 cm³/mol. The summed E-state index contributed by atoms with van der Waals surface area (Å²) in [6.07, 6.45) is 0.306. The van der Waals surface area contributed by atoms with Crippen molar-refractivity contribution in [3.63, 3.8) is 0 Å². The number of anilines is 1. The highest BCUT2D eigenvalue weighted by atomic mass is 19.1. The maximum absolute atomic E-state index is 14.6. The lowest BCUT2D eigenvalue weighted by atomic mass is 10.1. The number of halogens is 1. The number of aryl methyl sites for hydroxylation is 1. The minimum atomic E-state index is -0.516. The molecule has 3 rings (SSSR count). The molecule has 0 unspecified atom stereocenters. The number of aromatic nitrogens is 1. The molecule has 0 aliphatic heterocycles. The van der Waals surface area contributed by atoms with Crippen LogP contribution in [0.3, 0.4) is 0 Å². The van der Waals surface area contributed by atoms with Gasteiger partial charge in [-0.2, -0.15) is 0 Å². The molecule has 1 heterocycles. The molecule has 0 radical (unpaired) electrons. The van der Waals surface area contributed by atoms with Crippen LogP contribution in [0, 0.1) is 12.7 Å². The van der Waals surface area contributed by atoms with E-state index in [1.54, 1.807) is 41.9 Å². The molecule has 0 aliphatic rings. The number of hydrogen-bond donors (Lipinski definition) is 3. The van der Waals surface area contributed by atoms with Gasteiger partial charge in [0.15, 0.2) is 0 Å². The van der Waals surface area contributed by atoms with Crippen LogP contribution in [0.4, 0.5) is 14.9 Å². The molecular weight excluding hydrogens is 385 g/mol. The normalized spacial score (nSPS) is 10.7. The average molecular weight is 409 g/mol. The van der Waals surface area contributed by atoms with Crippen LogP contribution in [0.2, 0.25) is 0 Å². The van der Waals surface area contributed by atoms with Crippen molar-refractivity contribution >= 4 is 17.5 Å². The first-order chi connectivity index (χ1) is 14.4. The van der Waals surface area contributed by atoms with Gasteiger partial charge in [0.1, 0.15) is 5.82 Å². The van der Waals surface area contributed by atoms with Crippen LogP contribution in [0.15, 0.2) is 54.6 Å². The maximum Gasteiger partial charge on any atom is 0.319 e. The highest BCUT2D eigenvalue weighted by molar-refractivity contribution is 6.08. The number of nitrogens with zero attached hydrogens (tertiary/aromatic N) is 1. The third-order valence-corrected chi connectivity index (χ3v) is 4.85. The smallest absolute Gasteiger partial charge is 0.319 e. The number of ketones is 1. The predicted octanol–water partition coefficient (Wildman–Crippen LogP) is 3.41. The molecule has 2 aromatic carbocycles. The summed E-state index contributed by atoms with van der Waals surface area (Å²) in [5.41, 5.74) is 3.78. The van der Waals surface area contributed by atoms with Crippen molar-refractivity contribution in [3.05, 3.63) is 88.5 Å². The van der Waals surface area contributed by atoms with E-state index in [1.165, 1.54) is 6.07 Å². The highest BCUT2D eigenvalue weighted by Crippen LogP contribution is 2.20. The summed E-state index contributed by atoms with van der Waals surface area (Å²) < 4.78 is 16.3. The van der Waals surface area contributed by atoms with Gasteiger partial charge in [0, 0.05) is 37.0 Å². The molecule has 0 spiro atoms. The SMILES string of the molecule is Cc1ccc(C(=O)c2ccc(Cc3ccc(NC(=O)NCCO)cc3F)n2C)cc1. The Hall–Kier alpha value is -3.45. The Balaban J connectivity index is 1.73. The van der Waals surface area contributed by atoms with Crippen LogP contribution in [0.1, 0.15) is 32.9 Å². The third kappa shape index (κ3) is 4.93. The van der Waals surface area contributed by atoms with Crippen molar-refractivity contribution in [1.82, 2.24) is 9.88 Å². The summed E-state index contributed by atoms with van der Waals surface area (Å²) in [6.45, 7) is 1.90. The quantitative estimate of drug-likeness (QED) is 0.523. The van der Waals surface area contributed by atoms with Crippen molar-refractivity contribution in [1.29, 1.82) is 0 Å². The first kappa shape index (κ1) is 21.3. The van der Waals surface area contributed by atoms with Crippen molar-refractivity contribution < 1.29 is 19.1 Å². The number of hydrogen-bond acceptors (Lipinski definition) is 3. The first-order valence-electron chi connectivity index (χ1n) is 9.59. The number of carbonyl (C=O) groups is 2. The van der Waals surface area contributed by atoms with Gasteiger partial charge in [0.25, 0.3) is 0 Å². The lowest BCUT2D eigenvalue weighted by molar-refractivity contribution is 0.103. The number of aliphatic hydroxyl groups excluding tert-OH is 1. The second kappa shape index (κ2) is 9.37. The monoisotopic (exact) mass is 409 g/mol. The van der Waals surface area contributed by atoms with Gasteiger partial charge in [-0.25, -0.2) is 9.18 Å². The Morgan fingerprint density at radius 3 is 2.47 bits per heavy atom. The molecule has 1 aromatic heterocycles. The van der Waals surface area contributed by atoms with Crippen molar-refractivity contribution in [2.24, 2.45) is 7.05 Å². The number of aliphatic hydroxyl groups is 1. The average Bonchev–Trinajstić information content (AvgIpc) is 3.08. The van der Waals surface area contributed by atoms with Crippen LogP contribution in [-0.4, -0.2) is 34.6 Å². The minimum absolute atomic E-state index is 0.0855.